The fourth-order valence-corrected chi connectivity index (χ4v) is 3.16. The van der Waals surface area contributed by atoms with E-state index in [1.807, 2.05) is 4.90 Å². The first-order chi connectivity index (χ1) is 11.5. The molecule has 2 rings (SSSR count). The molecule has 9 heteroatoms. The van der Waals surface area contributed by atoms with Crippen LogP contribution >= 0.6 is 27.7 Å². The van der Waals surface area contributed by atoms with E-state index in [0.717, 1.165) is 0 Å². The number of thioether (sulfide) groups is 1. The van der Waals surface area contributed by atoms with Crippen molar-refractivity contribution in [2.75, 3.05) is 37.3 Å². The third-order valence-electron chi connectivity index (χ3n) is 3.66. The van der Waals surface area contributed by atoms with Crippen molar-refractivity contribution < 1.29 is 9.18 Å². The lowest BCUT2D eigenvalue weighted by Gasteiger charge is -2.35. The van der Waals surface area contributed by atoms with Crippen LogP contribution in [0.1, 0.15) is 6.92 Å². The standard InChI is InChI=1S/C15H17BrFN5OS/c1-10(23)21-3-5-22(6-4-21)14-7-11(16)13(8-12(14)17)20-15(24-2)19-9-18/h7-8H,3-6H2,1-2H3,(H,19,20). The Morgan fingerprint density at radius 3 is 2.62 bits per heavy atom. The van der Waals surface area contributed by atoms with E-state index in [4.69, 9.17) is 5.26 Å². The number of carbonyl (C=O) groups is 1. The fourth-order valence-electron chi connectivity index (χ4n) is 2.40. The lowest BCUT2D eigenvalue weighted by molar-refractivity contribution is -0.129. The Kier molecular flexibility index (Phi) is 6.45. The number of benzene rings is 1. The summed E-state index contributed by atoms with van der Waals surface area (Å²) in [4.78, 5) is 19.3. The second-order valence-electron chi connectivity index (χ2n) is 5.11. The number of rotatable bonds is 2. The zero-order valence-electron chi connectivity index (χ0n) is 13.3. The first-order valence-electron chi connectivity index (χ1n) is 7.23. The molecule has 0 radical (unpaired) electrons. The molecule has 1 aliphatic rings. The molecule has 6 nitrogen and oxygen atoms in total. The van der Waals surface area contributed by atoms with E-state index >= 15 is 0 Å². The van der Waals surface area contributed by atoms with E-state index in [0.29, 0.717) is 47.2 Å². The van der Waals surface area contributed by atoms with Crippen LogP contribution in [0.25, 0.3) is 0 Å². The van der Waals surface area contributed by atoms with Gasteiger partial charge in [-0.3, -0.25) is 10.1 Å². The Morgan fingerprint density at radius 2 is 2.08 bits per heavy atom. The number of anilines is 1. The molecule has 0 aliphatic carbocycles. The van der Waals surface area contributed by atoms with E-state index < -0.39 is 0 Å². The SMILES string of the molecule is CSC(=Nc1cc(F)c(N2CCN(C(C)=O)CC2)cc1Br)NC#N. The molecule has 1 amide bonds. The monoisotopic (exact) mass is 413 g/mol. The highest BCUT2D eigenvalue weighted by Crippen LogP contribution is 2.33. The molecular formula is C15H17BrFN5OS. The highest BCUT2D eigenvalue weighted by Gasteiger charge is 2.22. The number of amidine groups is 1. The molecule has 0 aromatic heterocycles. The predicted octanol–water partition coefficient (Wildman–Crippen LogP) is 2.68. The van der Waals surface area contributed by atoms with Crippen molar-refractivity contribution in [1.29, 1.82) is 5.26 Å². The molecule has 1 N–H and O–H groups in total. The number of nitrogens with zero attached hydrogens (tertiary/aromatic N) is 4. The van der Waals surface area contributed by atoms with Crippen LogP contribution < -0.4 is 10.2 Å². The van der Waals surface area contributed by atoms with E-state index in [1.165, 1.54) is 24.8 Å². The van der Waals surface area contributed by atoms with Gasteiger partial charge < -0.3 is 9.80 Å². The smallest absolute Gasteiger partial charge is 0.219 e. The predicted molar refractivity (Wildman–Crippen MR) is 97.9 cm³/mol. The molecule has 1 fully saturated rings. The number of amides is 1. The molecule has 0 spiro atoms. The normalized spacial score (nSPS) is 15.2. The van der Waals surface area contributed by atoms with E-state index in [9.17, 15) is 9.18 Å². The molecule has 0 saturated carbocycles. The molecule has 128 valence electrons. The molecule has 0 bridgehead atoms. The first kappa shape index (κ1) is 18.5. The number of hydrogen-bond donors (Lipinski definition) is 1. The number of piperazine rings is 1. The van der Waals surface area contributed by atoms with Crippen molar-refractivity contribution in [1.82, 2.24) is 10.2 Å². The number of carbonyl (C=O) groups excluding carboxylic acids is 1. The molecule has 1 aromatic carbocycles. The van der Waals surface area contributed by atoms with Crippen molar-refractivity contribution in [3.8, 4) is 6.19 Å². The molecule has 0 atom stereocenters. The Hall–Kier alpha value is -1.79. The first-order valence-corrected chi connectivity index (χ1v) is 9.25. The van der Waals surface area contributed by atoms with Gasteiger partial charge in [0.15, 0.2) is 11.4 Å². The maximum atomic E-state index is 14.5. The molecule has 1 aliphatic heterocycles. The van der Waals surface area contributed by atoms with Crippen LogP contribution in [0.5, 0.6) is 0 Å². The summed E-state index contributed by atoms with van der Waals surface area (Å²) in [5.41, 5.74) is 0.883. The number of nitrogens with one attached hydrogen (secondary N) is 1. The zero-order valence-corrected chi connectivity index (χ0v) is 15.7. The summed E-state index contributed by atoms with van der Waals surface area (Å²) in [7, 11) is 0. The topological polar surface area (TPSA) is 71.7 Å². The van der Waals surface area contributed by atoms with E-state index in [1.54, 1.807) is 23.4 Å². The van der Waals surface area contributed by atoms with Crippen LogP contribution in [0.3, 0.4) is 0 Å². The average molecular weight is 414 g/mol. The second kappa shape index (κ2) is 8.35. The van der Waals surface area contributed by atoms with Gasteiger partial charge in [0.1, 0.15) is 5.82 Å². The third kappa shape index (κ3) is 4.39. The van der Waals surface area contributed by atoms with Gasteiger partial charge in [0.25, 0.3) is 0 Å². The highest BCUT2D eigenvalue weighted by atomic mass is 79.9. The van der Waals surface area contributed by atoms with Crippen molar-refractivity contribution in [3.05, 3.63) is 22.4 Å². The summed E-state index contributed by atoms with van der Waals surface area (Å²) in [5.74, 6) is -0.346. The highest BCUT2D eigenvalue weighted by molar-refractivity contribution is 9.10. The minimum atomic E-state index is -0.384. The maximum Gasteiger partial charge on any atom is 0.219 e. The molecule has 24 heavy (non-hydrogen) atoms. The number of nitriles is 1. The molecular weight excluding hydrogens is 397 g/mol. The molecule has 0 unspecified atom stereocenters. The Balaban J connectivity index is 2.22. The van der Waals surface area contributed by atoms with Gasteiger partial charge >= 0.3 is 0 Å². The quantitative estimate of drug-likeness (QED) is 0.349. The molecule has 1 saturated heterocycles. The van der Waals surface area contributed by atoms with Gasteiger partial charge in [0, 0.05) is 43.6 Å². The number of aliphatic imine (C=N–C) groups is 1. The van der Waals surface area contributed by atoms with Crippen molar-refractivity contribution in [2.24, 2.45) is 4.99 Å². The summed E-state index contributed by atoms with van der Waals surface area (Å²) in [6, 6.07) is 3.02. The van der Waals surface area contributed by atoms with Gasteiger partial charge in [-0.25, -0.2) is 9.38 Å². The second-order valence-corrected chi connectivity index (χ2v) is 6.76. The summed E-state index contributed by atoms with van der Waals surface area (Å²) in [5, 5.41) is 11.5. The Morgan fingerprint density at radius 1 is 1.42 bits per heavy atom. The van der Waals surface area contributed by atoms with Crippen LogP contribution in [-0.4, -0.2) is 48.4 Å². The van der Waals surface area contributed by atoms with Crippen molar-refractivity contribution in [3.63, 3.8) is 0 Å². The average Bonchev–Trinajstić information content (AvgIpc) is 2.57. The summed E-state index contributed by atoms with van der Waals surface area (Å²) >= 11 is 4.67. The minimum absolute atomic E-state index is 0.0376. The molecule has 1 heterocycles. The van der Waals surface area contributed by atoms with Gasteiger partial charge in [-0.15, -0.1) is 0 Å². The largest absolute Gasteiger partial charge is 0.366 e. The lowest BCUT2D eigenvalue weighted by atomic mass is 10.2. The van der Waals surface area contributed by atoms with Gasteiger partial charge in [0.05, 0.1) is 11.4 Å². The number of hydrogen-bond acceptors (Lipinski definition) is 5. The zero-order chi connectivity index (χ0) is 17.7. The Bertz CT molecular complexity index is 698. The summed E-state index contributed by atoms with van der Waals surface area (Å²) < 4.78 is 15.1. The summed E-state index contributed by atoms with van der Waals surface area (Å²) in [6.07, 6.45) is 3.57. The van der Waals surface area contributed by atoms with E-state index in [2.05, 4.69) is 26.2 Å². The van der Waals surface area contributed by atoms with Gasteiger partial charge in [-0.2, -0.15) is 5.26 Å². The van der Waals surface area contributed by atoms with Crippen LogP contribution in [0, 0.1) is 17.3 Å². The Labute approximate surface area is 152 Å². The van der Waals surface area contributed by atoms with Crippen LogP contribution in [-0.2, 0) is 4.79 Å². The lowest BCUT2D eigenvalue weighted by Crippen LogP contribution is -2.48. The van der Waals surface area contributed by atoms with Crippen molar-refractivity contribution >= 4 is 50.1 Å². The van der Waals surface area contributed by atoms with Crippen LogP contribution in [0.15, 0.2) is 21.6 Å². The maximum absolute atomic E-state index is 14.5. The molecule has 1 aromatic rings. The number of halogens is 2. The van der Waals surface area contributed by atoms with Crippen molar-refractivity contribution in [2.45, 2.75) is 6.92 Å². The van der Waals surface area contributed by atoms with Crippen LogP contribution in [0.2, 0.25) is 0 Å². The third-order valence-corrected chi connectivity index (χ3v) is 4.88. The van der Waals surface area contributed by atoms with Crippen LogP contribution in [0.4, 0.5) is 15.8 Å². The van der Waals surface area contributed by atoms with Gasteiger partial charge in [0.2, 0.25) is 5.91 Å². The minimum Gasteiger partial charge on any atom is -0.366 e. The van der Waals surface area contributed by atoms with E-state index in [-0.39, 0.29) is 11.7 Å². The van der Waals surface area contributed by atoms with Gasteiger partial charge in [-0.1, -0.05) is 11.8 Å². The summed E-state index contributed by atoms with van der Waals surface area (Å²) in [6.45, 7) is 3.86. The fraction of sp³-hybridized carbons (Fsp3) is 0.400. The van der Waals surface area contributed by atoms with Gasteiger partial charge in [-0.05, 0) is 28.3 Å².